The number of methoxy groups -OCH3 is 2. The van der Waals surface area contributed by atoms with E-state index in [2.05, 4.69) is 0 Å². The average Bonchev–Trinajstić information content (AvgIpc) is 2.71. The zero-order valence-corrected chi connectivity index (χ0v) is 16.7. The first-order valence-electron chi connectivity index (χ1n) is 9.37. The lowest BCUT2D eigenvalue weighted by Crippen LogP contribution is -2.28. The zero-order chi connectivity index (χ0) is 21.0. The van der Waals surface area contributed by atoms with Crippen molar-refractivity contribution in [1.82, 2.24) is 4.57 Å². The van der Waals surface area contributed by atoms with Gasteiger partial charge >= 0.3 is 0 Å². The largest absolute Gasteiger partial charge is 0.488 e. The highest BCUT2D eigenvalue weighted by atomic mass is 19.3. The molecule has 1 atom stereocenters. The first-order chi connectivity index (χ1) is 13.9. The maximum Gasteiger partial charge on any atom is 0.272 e. The van der Waals surface area contributed by atoms with Crippen LogP contribution in [-0.4, -0.2) is 51.1 Å². The van der Waals surface area contributed by atoms with Crippen molar-refractivity contribution in [3.63, 3.8) is 0 Å². The van der Waals surface area contributed by atoms with Gasteiger partial charge in [0, 0.05) is 38.0 Å². The van der Waals surface area contributed by atoms with Gasteiger partial charge in [0.15, 0.2) is 11.3 Å². The molecule has 29 heavy (non-hydrogen) atoms. The van der Waals surface area contributed by atoms with Gasteiger partial charge in [0.25, 0.3) is 6.43 Å². The summed E-state index contributed by atoms with van der Waals surface area (Å²) >= 11 is 0. The van der Waals surface area contributed by atoms with Gasteiger partial charge in [-0.2, -0.15) is 0 Å². The molecule has 0 unspecified atom stereocenters. The number of benzene rings is 1. The molecular weight excluding hydrogens is 384 g/mol. The molecule has 2 heterocycles. The van der Waals surface area contributed by atoms with Gasteiger partial charge in [-0.05, 0) is 37.1 Å². The lowest BCUT2D eigenvalue weighted by Gasteiger charge is -2.27. The van der Waals surface area contributed by atoms with Crippen molar-refractivity contribution in [2.45, 2.75) is 32.4 Å². The Bertz CT molecular complexity index is 913. The Morgan fingerprint density at radius 1 is 1.10 bits per heavy atom. The lowest BCUT2D eigenvalue weighted by atomic mass is 9.94. The molecule has 0 aliphatic carbocycles. The highest BCUT2D eigenvalue weighted by Gasteiger charge is 2.23. The van der Waals surface area contributed by atoms with E-state index in [-0.39, 0.29) is 18.1 Å². The number of aromatic nitrogens is 1. The van der Waals surface area contributed by atoms with Gasteiger partial charge < -0.3 is 23.5 Å². The molecule has 0 spiro atoms. The van der Waals surface area contributed by atoms with Crippen LogP contribution in [0, 0.1) is 6.92 Å². The molecule has 0 N–H and O–H groups in total. The van der Waals surface area contributed by atoms with Gasteiger partial charge in [-0.1, -0.05) is 0 Å². The first kappa shape index (κ1) is 21.3. The fraction of sp³-hybridized carbons (Fsp3) is 0.476. The number of ether oxygens (including phenoxy) is 4. The normalized spacial score (nSPS) is 13.7. The summed E-state index contributed by atoms with van der Waals surface area (Å²) in [5.41, 5.74) is 3.08. The van der Waals surface area contributed by atoms with Crippen molar-refractivity contribution in [1.29, 1.82) is 0 Å². The van der Waals surface area contributed by atoms with Crippen LogP contribution < -0.4 is 14.9 Å². The lowest BCUT2D eigenvalue weighted by molar-refractivity contribution is -0.000948. The predicted molar refractivity (Wildman–Crippen MR) is 104 cm³/mol. The number of hydrogen-bond donors (Lipinski definition) is 0. The van der Waals surface area contributed by atoms with Gasteiger partial charge in [0.05, 0.1) is 12.3 Å². The van der Waals surface area contributed by atoms with E-state index in [1.807, 2.05) is 4.57 Å². The molecule has 1 aromatic heterocycles. The van der Waals surface area contributed by atoms with E-state index in [0.717, 1.165) is 16.8 Å². The van der Waals surface area contributed by atoms with Crippen molar-refractivity contribution in [3.8, 4) is 22.9 Å². The Kier molecular flexibility index (Phi) is 6.87. The van der Waals surface area contributed by atoms with Crippen LogP contribution in [0.15, 0.2) is 29.1 Å². The summed E-state index contributed by atoms with van der Waals surface area (Å²) in [6.45, 7) is 2.35. The Morgan fingerprint density at radius 3 is 2.59 bits per heavy atom. The molecule has 8 heteroatoms. The minimum Gasteiger partial charge on any atom is -0.488 e. The van der Waals surface area contributed by atoms with E-state index in [9.17, 15) is 13.6 Å². The SMILES string of the molecule is COC[C@@H](COc1cc(=O)c(C)c2n1CCc1cc(OCC(F)F)ccc1-2)OC. The molecule has 1 aliphatic heterocycles. The molecule has 158 valence electrons. The van der Waals surface area contributed by atoms with Gasteiger partial charge in [0.2, 0.25) is 0 Å². The molecule has 0 saturated carbocycles. The van der Waals surface area contributed by atoms with E-state index < -0.39 is 13.0 Å². The Balaban J connectivity index is 1.93. The second-order valence-corrected chi connectivity index (χ2v) is 6.87. The number of halogens is 2. The van der Waals surface area contributed by atoms with Gasteiger partial charge in [-0.15, -0.1) is 0 Å². The van der Waals surface area contributed by atoms with Crippen LogP contribution in [-0.2, 0) is 22.4 Å². The number of alkyl halides is 2. The molecule has 6 nitrogen and oxygen atoms in total. The molecular formula is C21H25F2NO5. The summed E-state index contributed by atoms with van der Waals surface area (Å²) in [6, 6.07) is 6.70. The van der Waals surface area contributed by atoms with Crippen LogP contribution in [0.2, 0.25) is 0 Å². The predicted octanol–water partition coefficient (Wildman–Crippen LogP) is 3.06. The summed E-state index contributed by atoms with van der Waals surface area (Å²) in [4.78, 5) is 12.5. The quantitative estimate of drug-likeness (QED) is 0.637. The van der Waals surface area contributed by atoms with Gasteiger partial charge in [-0.3, -0.25) is 4.79 Å². The van der Waals surface area contributed by atoms with Crippen molar-refractivity contribution in [3.05, 3.63) is 45.6 Å². The summed E-state index contributed by atoms with van der Waals surface area (Å²) in [7, 11) is 3.16. The third-order valence-electron chi connectivity index (χ3n) is 4.93. The van der Waals surface area contributed by atoms with Crippen LogP contribution in [0.3, 0.4) is 0 Å². The Hall–Kier alpha value is -2.45. The Labute approximate surface area is 168 Å². The molecule has 0 amide bonds. The fourth-order valence-electron chi connectivity index (χ4n) is 3.45. The summed E-state index contributed by atoms with van der Waals surface area (Å²) in [6.07, 6.45) is -2.11. The monoisotopic (exact) mass is 409 g/mol. The smallest absolute Gasteiger partial charge is 0.272 e. The highest BCUT2D eigenvalue weighted by molar-refractivity contribution is 5.70. The maximum absolute atomic E-state index is 12.5. The van der Waals surface area contributed by atoms with Crippen LogP contribution in [0.5, 0.6) is 11.6 Å². The minimum atomic E-state index is -2.53. The minimum absolute atomic E-state index is 0.127. The molecule has 2 aromatic rings. The number of rotatable bonds is 9. The topological polar surface area (TPSA) is 58.9 Å². The molecule has 0 fully saturated rings. The number of hydrogen-bond acceptors (Lipinski definition) is 5. The highest BCUT2D eigenvalue weighted by Crippen LogP contribution is 2.35. The third kappa shape index (κ3) is 4.76. The standard InChI is InChI=1S/C21H25F2NO5/c1-13-18(25)9-20(29-11-16(27-3)10-26-2)24-7-6-14-8-15(28-12-19(22)23)4-5-17(14)21(13)24/h4-5,8-9,16,19H,6-7,10-12H2,1-3H3/t16-/m0/s1. The van der Waals surface area contributed by atoms with E-state index in [1.54, 1.807) is 39.3 Å². The molecule has 1 aliphatic rings. The third-order valence-corrected chi connectivity index (χ3v) is 4.93. The fourth-order valence-corrected chi connectivity index (χ4v) is 3.45. The van der Waals surface area contributed by atoms with Crippen molar-refractivity contribution in [2.75, 3.05) is 34.0 Å². The Morgan fingerprint density at radius 2 is 1.90 bits per heavy atom. The molecule has 0 saturated heterocycles. The first-order valence-corrected chi connectivity index (χ1v) is 9.37. The van der Waals surface area contributed by atoms with Crippen molar-refractivity contribution >= 4 is 0 Å². The van der Waals surface area contributed by atoms with Crippen LogP contribution in [0.25, 0.3) is 11.3 Å². The van der Waals surface area contributed by atoms with Crippen molar-refractivity contribution in [2.24, 2.45) is 0 Å². The van der Waals surface area contributed by atoms with Crippen LogP contribution >= 0.6 is 0 Å². The van der Waals surface area contributed by atoms with E-state index in [1.165, 1.54) is 6.07 Å². The van der Waals surface area contributed by atoms with E-state index >= 15 is 0 Å². The molecule has 0 radical (unpaired) electrons. The number of pyridine rings is 1. The maximum atomic E-state index is 12.5. The molecule has 3 rings (SSSR count). The van der Waals surface area contributed by atoms with Gasteiger partial charge in [0.1, 0.15) is 25.1 Å². The molecule has 1 aromatic carbocycles. The molecule has 0 bridgehead atoms. The van der Waals surface area contributed by atoms with E-state index in [4.69, 9.17) is 18.9 Å². The summed E-state index contributed by atoms with van der Waals surface area (Å²) in [5, 5.41) is 0. The second kappa shape index (κ2) is 9.37. The van der Waals surface area contributed by atoms with Crippen LogP contribution in [0.4, 0.5) is 8.78 Å². The number of fused-ring (bicyclic) bond motifs is 3. The number of aryl methyl sites for hydroxylation is 1. The summed E-state index contributed by atoms with van der Waals surface area (Å²) < 4.78 is 48.2. The van der Waals surface area contributed by atoms with E-state index in [0.29, 0.717) is 36.8 Å². The van der Waals surface area contributed by atoms with Crippen LogP contribution in [0.1, 0.15) is 11.1 Å². The van der Waals surface area contributed by atoms with Gasteiger partial charge in [-0.25, -0.2) is 8.78 Å². The second-order valence-electron chi connectivity index (χ2n) is 6.87. The average molecular weight is 409 g/mol. The number of nitrogens with zero attached hydrogens (tertiary/aromatic N) is 1. The zero-order valence-electron chi connectivity index (χ0n) is 16.7. The van der Waals surface area contributed by atoms with Crippen molar-refractivity contribution < 1.29 is 27.7 Å². The summed E-state index contributed by atoms with van der Waals surface area (Å²) in [5.74, 6) is 0.866.